The third-order valence-electron chi connectivity index (χ3n) is 5.59. The summed E-state index contributed by atoms with van der Waals surface area (Å²) in [6, 6.07) is 10.1. The summed E-state index contributed by atoms with van der Waals surface area (Å²) >= 11 is 1.37. The van der Waals surface area contributed by atoms with E-state index in [1.807, 2.05) is 43.0 Å². The number of hydrogen-bond donors (Lipinski definition) is 0. The SMILES string of the molecule is CCOc1ccc(-c2nc(C)c(C(=O)N3CCCN(c4ccc(C(F)(F)F)cn4)CC3)s2)cc1. The van der Waals surface area contributed by atoms with Gasteiger partial charge in [0, 0.05) is 37.9 Å². The van der Waals surface area contributed by atoms with E-state index in [0.29, 0.717) is 55.6 Å². The van der Waals surface area contributed by atoms with Gasteiger partial charge in [-0.05, 0) is 56.7 Å². The first-order chi connectivity index (χ1) is 16.3. The second-order valence-electron chi connectivity index (χ2n) is 7.93. The molecule has 1 aliphatic heterocycles. The molecule has 1 aromatic carbocycles. The molecule has 0 saturated carbocycles. The molecule has 0 bridgehead atoms. The molecular weight excluding hydrogens is 465 g/mol. The number of aryl methyl sites for hydroxylation is 1. The summed E-state index contributed by atoms with van der Waals surface area (Å²) < 4.78 is 43.9. The lowest BCUT2D eigenvalue weighted by molar-refractivity contribution is -0.137. The molecule has 0 spiro atoms. The van der Waals surface area contributed by atoms with E-state index in [1.54, 1.807) is 4.90 Å². The van der Waals surface area contributed by atoms with Crippen LogP contribution in [0.15, 0.2) is 42.6 Å². The van der Waals surface area contributed by atoms with Gasteiger partial charge < -0.3 is 14.5 Å². The van der Waals surface area contributed by atoms with Gasteiger partial charge in [0.2, 0.25) is 0 Å². The summed E-state index contributed by atoms with van der Waals surface area (Å²) in [7, 11) is 0. The number of aromatic nitrogens is 2. The van der Waals surface area contributed by atoms with Crippen LogP contribution in [0.5, 0.6) is 5.75 Å². The lowest BCUT2D eigenvalue weighted by atomic mass is 10.2. The largest absolute Gasteiger partial charge is 0.494 e. The summed E-state index contributed by atoms with van der Waals surface area (Å²) in [4.78, 5) is 26.2. The van der Waals surface area contributed by atoms with E-state index in [1.165, 1.54) is 17.4 Å². The van der Waals surface area contributed by atoms with E-state index in [-0.39, 0.29) is 5.91 Å². The number of ether oxygens (including phenoxy) is 1. The number of nitrogens with zero attached hydrogens (tertiary/aromatic N) is 4. The van der Waals surface area contributed by atoms with E-state index in [0.717, 1.165) is 28.6 Å². The molecule has 0 N–H and O–H groups in total. The van der Waals surface area contributed by atoms with E-state index in [4.69, 9.17) is 4.74 Å². The van der Waals surface area contributed by atoms with Crippen molar-refractivity contribution in [3.8, 4) is 16.3 Å². The van der Waals surface area contributed by atoms with Crippen LogP contribution < -0.4 is 9.64 Å². The van der Waals surface area contributed by atoms with Gasteiger partial charge >= 0.3 is 6.18 Å². The monoisotopic (exact) mass is 490 g/mol. The van der Waals surface area contributed by atoms with Gasteiger partial charge in [0.05, 0.1) is 17.9 Å². The van der Waals surface area contributed by atoms with Crippen LogP contribution in [-0.2, 0) is 6.18 Å². The third kappa shape index (κ3) is 5.32. The van der Waals surface area contributed by atoms with Gasteiger partial charge in [0.25, 0.3) is 5.91 Å². The van der Waals surface area contributed by atoms with Gasteiger partial charge in [-0.15, -0.1) is 11.3 Å². The maximum absolute atomic E-state index is 13.3. The van der Waals surface area contributed by atoms with Crippen molar-refractivity contribution in [2.75, 3.05) is 37.7 Å². The highest BCUT2D eigenvalue weighted by molar-refractivity contribution is 7.17. The number of carbonyl (C=O) groups is 1. The number of pyridine rings is 1. The van der Waals surface area contributed by atoms with E-state index < -0.39 is 11.7 Å². The predicted octanol–water partition coefficient (Wildman–Crippen LogP) is 5.28. The Bertz CT molecular complexity index is 1130. The van der Waals surface area contributed by atoms with Crippen LogP contribution >= 0.6 is 11.3 Å². The third-order valence-corrected chi connectivity index (χ3v) is 6.78. The van der Waals surface area contributed by atoms with Gasteiger partial charge in [0.1, 0.15) is 21.5 Å². The molecule has 1 amide bonds. The average Bonchev–Trinajstić information content (AvgIpc) is 3.04. The zero-order chi connectivity index (χ0) is 24.3. The first kappa shape index (κ1) is 24.0. The Morgan fingerprint density at radius 1 is 1.09 bits per heavy atom. The molecule has 180 valence electrons. The summed E-state index contributed by atoms with van der Waals surface area (Å²) in [5.74, 6) is 1.19. The van der Waals surface area contributed by atoms with Crippen LogP contribution in [0.4, 0.5) is 19.0 Å². The fraction of sp³-hybridized carbons (Fsp3) is 0.375. The minimum atomic E-state index is -4.41. The van der Waals surface area contributed by atoms with Crippen molar-refractivity contribution in [1.29, 1.82) is 0 Å². The predicted molar refractivity (Wildman–Crippen MR) is 125 cm³/mol. The molecule has 3 heterocycles. The van der Waals surface area contributed by atoms with Gasteiger partial charge in [-0.25, -0.2) is 9.97 Å². The normalized spacial score (nSPS) is 14.7. The number of thiazole rings is 1. The second kappa shape index (κ2) is 10.0. The minimum absolute atomic E-state index is 0.0746. The summed E-state index contributed by atoms with van der Waals surface area (Å²) in [6.07, 6.45) is -2.87. The van der Waals surface area contributed by atoms with Crippen LogP contribution in [0, 0.1) is 6.92 Å². The topological polar surface area (TPSA) is 58.6 Å². The molecule has 4 rings (SSSR count). The van der Waals surface area contributed by atoms with Gasteiger partial charge in [-0.1, -0.05) is 0 Å². The smallest absolute Gasteiger partial charge is 0.417 e. The Kier molecular flexibility index (Phi) is 7.06. The lowest BCUT2D eigenvalue weighted by Crippen LogP contribution is -2.35. The number of alkyl halides is 3. The first-order valence-electron chi connectivity index (χ1n) is 11.0. The molecule has 34 heavy (non-hydrogen) atoms. The fourth-order valence-corrected chi connectivity index (χ4v) is 4.85. The fourth-order valence-electron chi connectivity index (χ4n) is 3.81. The number of halogens is 3. The Labute approximate surface area is 200 Å². The van der Waals surface area contributed by atoms with Crippen molar-refractivity contribution in [3.63, 3.8) is 0 Å². The summed E-state index contributed by atoms with van der Waals surface area (Å²) in [5.41, 5.74) is 0.835. The first-order valence-corrected chi connectivity index (χ1v) is 11.9. The van der Waals surface area contributed by atoms with Crippen molar-refractivity contribution in [1.82, 2.24) is 14.9 Å². The molecule has 10 heteroatoms. The molecule has 0 unspecified atom stereocenters. The molecular formula is C24H25F3N4O2S. The maximum atomic E-state index is 13.3. The second-order valence-corrected chi connectivity index (χ2v) is 8.93. The number of carbonyl (C=O) groups excluding carboxylic acids is 1. The highest BCUT2D eigenvalue weighted by atomic mass is 32.1. The highest BCUT2D eigenvalue weighted by Crippen LogP contribution is 2.31. The van der Waals surface area contributed by atoms with Gasteiger partial charge in [0.15, 0.2) is 0 Å². The summed E-state index contributed by atoms with van der Waals surface area (Å²) in [6.45, 7) is 6.48. The van der Waals surface area contributed by atoms with E-state index in [2.05, 4.69) is 9.97 Å². The Hall–Kier alpha value is -3.14. The van der Waals surface area contributed by atoms with Crippen molar-refractivity contribution >= 4 is 23.1 Å². The standard InChI is InChI=1S/C24H25F3N4O2S/c1-3-33-19-8-5-17(6-9-19)22-29-16(2)21(34-22)23(32)31-12-4-11-30(13-14-31)20-10-7-18(15-28-20)24(25,26)27/h5-10,15H,3-4,11-14H2,1-2H3. The van der Waals surface area contributed by atoms with Gasteiger partial charge in [-0.2, -0.15) is 13.2 Å². The number of amides is 1. The summed E-state index contributed by atoms with van der Waals surface area (Å²) in [5, 5.41) is 0.773. The lowest BCUT2D eigenvalue weighted by Gasteiger charge is -2.23. The molecule has 0 aliphatic carbocycles. The molecule has 2 aromatic heterocycles. The van der Waals surface area contributed by atoms with Crippen LogP contribution in [0.3, 0.4) is 0 Å². The quantitative estimate of drug-likeness (QED) is 0.487. The van der Waals surface area contributed by atoms with Gasteiger partial charge in [-0.3, -0.25) is 4.79 Å². The van der Waals surface area contributed by atoms with Crippen molar-refractivity contribution in [2.45, 2.75) is 26.4 Å². The van der Waals surface area contributed by atoms with Crippen LogP contribution in [-0.4, -0.2) is 53.6 Å². The number of anilines is 1. The molecule has 0 atom stereocenters. The van der Waals surface area contributed by atoms with E-state index >= 15 is 0 Å². The van der Waals surface area contributed by atoms with Crippen molar-refractivity contribution < 1.29 is 22.7 Å². The molecule has 1 saturated heterocycles. The Morgan fingerprint density at radius 2 is 1.85 bits per heavy atom. The Morgan fingerprint density at radius 3 is 2.50 bits per heavy atom. The molecule has 1 aliphatic rings. The average molecular weight is 491 g/mol. The van der Waals surface area contributed by atoms with Crippen molar-refractivity contribution in [2.24, 2.45) is 0 Å². The van der Waals surface area contributed by atoms with E-state index in [9.17, 15) is 18.0 Å². The molecule has 0 radical (unpaired) electrons. The highest BCUT2D eigenvalue weighted by Gasteiger charge is 2.31. The van der Waals surface area contributed by atoms with Crippen LogP contribution in [0.1, 0.15) is 34.3 Å². The van der Waals surface area contributed by atoms with Crippen LogP contribution in [0.2, 0.25) is 0 Å². The molecule has 6 nitrogen and oxygen atoms in total. The maximum Gasteiger partial charge on any atom is 0.417 e. The molecule has 1 fully saturated rings. The number of hydrogen-bond acceptors (Lipinski definition) is 6. The van der Waals surface area contributed by atoms with Crippen LogP contribution in [0.25, 0.3) is 10.6 Å². The van der Waals surface area contributed by atoms with Crippen molar-refractivity contribution in [3.05, 3.63) is 58.7 Å². The number of benzene rings is 1. The zero-order valence-corrected chi connectivity index (χ0v) is 19.7. The number of rotatable bonds is 5. The Balaban J connectivity index is 1.44. The molecule has 3 aromatic rings. The minimum Gasteiger partial charge on any atom is -0.494 e. The zero-order valence-electron chi connectivity index (χ0n) is 18.9.